The van der Waals surface area contributed by atoms with Crippen LogP contribution >= 0.6 is 11.3 Å². The topological polar surface area (TPSA) is 104 Å². The van der Waals surface area contributed by atoms with Crippen LogP contribution in [0.1, 0.15) is 32.1 Å². The van der Waals surface area contributed by atoms with Crippen molar-refractivity contribution < 1.29 is 23.1 Å². The Morgan fingerprint density at radius 2 is 2.00 bits per heavy atom. The number of carbonyl (C=O) groups excluding carboxylic acids is 1. The van der Waals surface area contributed by atoms with Crippen LogP contribution in [0.15, 0.2) is 21.7 Å². The summed E-state index contributed by atoms with van der Waals surface area (Å²) in [6.07, 6.45) is 3.15. The molecule has 1 aromatic heterocycles. The molecule has 23 heavy (non-hydrogen) atoms. The van der Waals surface area contributed by atoms with Gasteiger partial charge in [-0.25, -0.2) is 13.2 Å². The Bertz CT molecular complexity index is 663. The summed E-state index contributed by atoms with van der Waals surface area (Å²) in [6, 6.07) is 3.08. The van der Waals surface area contributed by atoms with Crippen LogP contribution in [-0.4, -0.2) is 48.8 Å². The molecule has 9 heteroatoms. The molecule has 1 fully saturated rings. The van der Waals surface area contributed by atoms with Gasteiger partial charge >= 0.3 is 5.97 Å². The van der Waals surface area contributed by atoms with Gasteiger partial charge in [0.25, 0.3) is 10.0 Å². The molecule has 0 spiro atoms. The summed E-state index contributed by atoms with van der Waals surface area (Å²) in [7, 11) is -2.42. The number of sulfonamides is 1. The summed E-state index contributed by atoms with van der Waals surface area (Å²) in [6.45, 7) is -0.407. The van der Waals surface area contributed by atoms with E-state index in [0.29, 0.717) is 12.8 Å². The predicted molar refractivity (Wildman–Crippen MR) is 85.7 cm³/mol. The number of carbonyl (C=O) groups is 2. The van der Waals surface area contributed by atoms with E-state index in [2.05, 4.69) is 5.32 Å². The van der Waals surface area contributed by atoms with Crippen LogP contribution in [0.5, 0.6) is 0 Å². The number of likely N-dealkylation sites (N-methyl/N-ethyl adjacent to an activating group) is 1. The van der Waals surface area contributed by atoms with Gasteiger partial charge in [0.2, 0.25) is 5.91 Å². The van der Waals surface area contributed by atoms with Crippen molar-refractivity contribution in [1.29, 1.82) is 0 Å². The summed E-state index contributed by atoms with van der Waals surface area (Å²) < 4.78 is 25.6. The number of hydrogen-bond acceptors (Lipinski definition) is 5. The Balaban J connectivity index is 2.05. The molecule has 1 aliphatic rings. The van der Waals surface area contributed by atoms with Gasteiger partial charge in [-0.3, -0.25) is 4.79 Å². The number of thiophene rings is 1. The Hall–Kier alpha value is -1.45. The van der Waals surface area contributed by atoms with Gasteiger partial charge in [0.15, 0.2) is 0 Å². The Labute approximate surface area is 139 Å². The van der Waals surface area contributed by atoms with Gasteiger partial charge < -0.3 is 10.4 Å². The summed E-state index contributed by atoms with van der Waals surface area (Å²) in [5.74, 6) is -1.66. The highest BCUT2D eigenvalue weighted by Gasteiger charge is 2.41. The van der Waals surface area contributed by atoms with Crippen molar-refractivity contribution >= 4 is 33.2 Å². The smallest absolute Gasteiger partial charge is 0.329 e. The van der Waals surface area contributed by atoms with Crippen molar-refractivity contribution in [2.24, 2.45) is 0 Å². The van der Waals surface area contributed by atoms with Crippen LogP contribution in [0.4, 0.5) is 0 Å². The number of rotatable bonds is 6. The standard InChI is InChI=1S/C14H20N2O5S2/c1-16(23(20,21)12-6-5-9-22-12)10-11(17)15-14(13(18)19)7-3-2-4-8-14/h5-6,9H,2-4,7-8,10H2,1H3,(H,15,17)(H,18,19). The molecule has 1 amide bonds. The lowest BCUT2D eigenvalue weighted by molar-refractivity contribution is -0.149. The third kappa shape index (κ3) is 3.91. The molecular formula is C14H20N2O5S2. The summed E-state index contributed by atoms with van der Waals surface area (Å²) in [5.41, 5.74) is -1.27. The molecule has 2 rings (SSSR count). The highest BCUT2D eigenvalue weighted by atomic mass is 32.2. The van der Waals surface area contributed by atoms with E-state index in [1.807, 2.05) is 0 Å². The van der Waals surface area contributed by atoms with Gasteiger partial charge in [0.1, 0.15) is 9.75 Å². The molecule has 0 aromatic carbocycles. The molecule has 1 aromatic rings. The SMILES string of the molecule is CN(CC(=O)NC1(C(=O)O)CCCCC1)S(=O)(=O)c1cccs1. The van der Waals surface area contributed by atoms with Crippen LogP contribution < -0.4 is 5.32 Å². The zero-order valence-corrected chi connectivity index (χ0v) is 14.5. The predicted octanol–water partition coefficient (Wildman–Crippen LogP) is 1.27. The van der Waals surface area contributed by atoms with Gasteiger partial charge in [-0.2, -0.15) is 4.31 Å². The molecule has 0 unspecified atom stereocenters. The minimum Gasteiger partial charge on any atom is -0.480 e. The minimum absolute atomic E-state index is 0.151. The van der Waals surface area contributed by atoms with Crippen LogP contribution in [0.3, 0.4) is 0 Å². The Kier molecular flexibility index (Phi) is 5.43. The van der Waals surface area contributed by atoms with E-state index in [9.17, 15) is 23.1 Å². The van der Waals surface area contributed by atoms with Crippen molar-refractivity contribution in [2.45, 2.75) is 41.9 Å². The second kappa shape index (κ2) is 6.98. The molecule has 128 valence electrons. The summed E-state index contributed by atoms with van der Waals surface area (Å²) in [4.78, 5) is 23.7. The number of carboxylic acids is 1. The third-order valence-electron chi connectivity index (χ3n) is 4.02. The van der Waals surface area contributed by atoms with E-state index < -0.39 is 34.0 Å². The van der Waals surface area contributed by atoms with Crippen LogP contribution in [-0.2, 0) is 19.6 Å². The first-order valence-corrected chi connectivity index (χ1v) is 9.64. The average molecular weight is 360 g/mol. The quantitative estimate of drug-likeness (QED) is 0.795. The van der Waals surface area contributed by atoms with E-state index in [-0.39, 0.29) is 4.21 Å². The largest absolute Gasteiger partial charge is 0.480 e. The van der Waals surface area contributed by atoms with Crippen molar-refractivity contribution in [2.75, 3.05) is 13.6 Å². The first-order chi connectivity index (χ1) is 10.8. The third-order valence-corrected chi connectivity index (χ3v) is 7.20. The molecule has 0 aliphatic heterocycles. The van der Waals surface area contributed by atoms with Crippen LogP contribution in [0.2, 0.25) is 0 Å². The molecule has 1 aliphatic carbocycles. The molecule has 0 saturated heterocycles. The number of hydrogen-bond donors (Lipinski definition) is 2. The monoisotopic (exact) mass is 360 g/mol. The molecular weight excluding hydrogens is 340 g/mol. The number of aliphatic carboxylic acids is 1. The molecule has 1 heterocycles. The Morgan fingerprint density at radius 3 is 2.52 bits per heavy atom. The maximum Gasteiger partial charge on any atom is 0.329 e. The van der Waals surface area contributed by atoms with Crippen molar-refractivity contribution in [3.05, 3.63) is 17.5 Å². The van der Waals surface area contributed by atoms with Crippen molar-refractivity contribution in [1.82, 2.24) is 9.62 Å². The highest BCUT2D eigenvalue weighted by Crippen LogP contribution is 2.28. The maximum atomic E-state index is 12.3. The minimum atomic E-state index is -3.73. The zero-order chi connectivity index (χ0) is 17.1. The number of nitrogens with one attached hydrogen (secondary N) is 1. The molecule has 2 N–H and O–H groups in total. The lowest BCUT2D eigenvalue weighted by atomic mass is 9.81. The lowest BCUT2D eigenvalue weighted by Gasteiger charge is -2.34. The van der Waals surface area contributed by atoms with E-state index in [1.54, 1.807) is 11.4 Å². The van der Waals surface area contributed by atoms with E-state index in [0.717, 1.165) is 34.9 Å². The van der Waals surface area contributed by atoms with Crippen molar-refractivity contribution in [3.63, 3.8) is 0 Å². The summed E-state index contributed by atoms with van der Waals surface area (Å²) >= 11 is 1.07. The molecule has 1 saturated carbocycles. The second-order valence-electron chi connectivity index (χ2n) is 5.69. The van der Waals surface area contributed by atoms with E-state index in [1.165, 1.54) is 13.1 Å². The number of carboxylic acid groups (broad SMARTS) is 1. The average Bonchev–Trinajstić information content (AvgIpc) is 3.02. The fourth-order valence-corrected chi connectivity index (χ4v) is 5.03. The number of nitrogens with zero attached hydrogens (tertiary/aromatic N) is 1. The Morgan fingerprint density at radius 1 is 1.35 bits per heavy atom. The first kappa shape index (κ1) is 17.9. The van der Waals surface area contributed by atoms with Gasteiger partial charge in [-0.1, -0.05) is 25.3 Å². The van der Waals surface area contributed by atoms with E-state index >= 15 is 0 Å². The summed E-state index contributed by atoms with van der Waals surface area (Å²) in [5, 5.41) is 13.6. The maximum absolute atomic E-state index is 12.3. The molecule has 0 atom stereocenters. The number of amides is 1. The van der Waals surface area contributed by atoms with Crippen molar-refractivity contribution in [3.8, 4) is 0 Å². The van der Waals surface area contributed by atoms with Crippen LogP contribution in [0.25, 0.3) is 0 Å². The lowest BCUT2D eigenvalue weighted by Crippen LogP contribution is -2.57. The van der Waals surface area contributed by atoms with Gasteiger partial charge in [0.05, 0.1) is 6.54 Å². The second-order valence-corrected chi connectivity index (χ2v) is 8.91. The van der Waals surface area contributed by atoms with Crippen LogP contribution in [0, 0.1) is 0 Å². The van der Waals surface area contributed by atoms with Gasteiger partial charge in [0, 0.05) is 7.05 Å². The molecule has 0 bridgehead atoms. The molecule has 0 radical (unpaired) electrons. The normalized spacial score (nSPS) is 17.8. The van der Waals surface area contributed by atoms with Gasteiger partial charge in [-0.15, -0.1) is 11.3 Å². The highest BCUT2D eigenvalue weighted by molar-refractivity contribution is 7.91. The van der Waals surface area contributed by atoms with Gasteiger partial charge in [-0.05, 0) is 24.3 Å². The zero-order valence-electron chi connectivity index (χ0n) is 12.8. The fraction of sp³-hybridized carbons (Fsp3) is 0.571. The first-order valence-electron chi connectivity index (χ1n) is 7.32. The fourth-order valence-electron chi connectivity index (χ4n) is 2.71. The molecule has 7 nitrogen and oxygen atoms in total. The van der Waals surface area contributed by atoms with E-state index in [4.69, 9.17) is 0 Å².